The van der Waals surface area contributed by atoms with E-state index in [-0.39, 0.29) is 24.9 Å². The number of rotatable bonds is 7. The third kappa shape index (κ3) is 4.76. The molecule has 1 fully saturated rings. The van der Waals surface area contributed by atoms with Gasteiger partial charge in [0.15, 0.2) is 0 Å². The van der Waals surface area contributed by atoms with Gasteiger partial charge in [0.2, 0.25) is 10.0 Å². The van der Waals surface area contributed by atoms with Crippen LogP contribution in [0.25, 0.3) is 0 Å². The smallest absolute Gasteiger partial charge is 0.214 e. The molecule has 1 aliphatic carbocycles. The van der Waals surface area contributed by atoms with Crippen molar-refractivity contribution in [1.29, 1.82) is 0 Å². The van der Waals surface area contributed by atoms with E-state index < -0.39 is 10.0 Å². The van der Waals surface area contributed by atoms with Gasteiger partial charge in [0, 0.05) is 30.9 Å². The number of hydrogen-bond acceptors (Lipinski definition) is 4. The van der Waals surface area contributed by atoms with Gasteiger partial charge in [-0.05, 0) is 25.0 Å². The number of aliphatic hydroxyl groups excluding tert-OH is 1. The molecule has 1 saturated carbocycles. The highest BCUT2D eigenvalue weighted by molar-refractivity contribution is 7.89. The van der Waals surface area contributed by atoms with E-state index in [9.17, 15) is 13.5 Å². The molecule has 0 saturated heterocycles. The van der Waals surface area contributed by atoms with E-state index in [4.69, 9.17) is 0 Å². The molecule has 6 heteroatoms. The van der Waals surface area contributed by atoms with Gasteiger partial charge in [0.25, 0.3) is 0 Å². The van der Waals surface area contributed by atoms with E-state index >= 15 is 0 Å². The Labute approximate surface area is 127 Å². The summed E-state index contributed by atoms with van der Waals surface area (Å²) in [5.74, 6) is 0.0561. The molecule has 1 aromatic heterocycles. The molecule has 118 valence electrons. The second-order valence-electron chi connectivity index (χ2n) is 5.51. The Morgan fingerprint density at radius 3 is 2.62 bits per heavy atom. The van der Waals surface area contributed by atoms with Crippen molar-refractivity contribution in [2.45, 2.75) is 44.6 Å². The minimum atomic E-state index is -3.35. The van der Waals surface area contributed by atoms with Crippen LogP contribution in [0.15, 0.2) is 24.4 Å². The number of aliphatic hydroxyl groups is 1. The molecule has 0 aliphatic heterocycles. The van der Waals surface area contributed by atoms with Gasteiger partial charge >= 0.3 is 0 Å². The van der Waals surface area contributed by atoms with Gasteiger partial charge in [-0.3, -0.25) is 4.98 Å². The SMILES string of the molecule is O=S(=O)(CCc1ccccn1)N(CCO)C1CCCCC1. The molecular weight excluding hydrogens is 288 g/mol. The molecule has 0 aromatic carbocycles. The predicted octanol–water partition coefficient (Wildman–Crippen LogP) is 1.58. The highest BCUT2D eigenvalue weighted by Gasteiger charge is 2.30. The van der Waals surface area contributed by atoms with Crippen LogP contribution >= 0.6 is 0 Å². The summed E-state index contributed by atoms with van der Waals surface area (Å²) in [6, 6.07) is 5.58. The Morgan fingerprint density at radius 1 is 1.24 bits per heavy atom. The van der Waals surface area contributed by atoms with E-state index in [0.717, 1.165) is 31.4 Å². The fraction of sp³-hybridized carbons (Fsp3) is 0.667. The lowest BCUT2D eigenvalue weighted by Gasteiger charge is -2.33. The van der Waals surface area contributed by atoms with Crippen molar-refractivity contribution in [1.82, 2.24) is 9.29 Å². The zero-order valence-corrected chi connectivity index (χ0v) is 13.1. The molecular formula is C15H24N2O3S. The quantitative estimate of drug-likeness (QED) is 0.830. The van der Waals surface area contributed by atoms with Gasteiger partial charge in [0.1, 0.15) is 0 Å². The summed E-state index contributed by atoms with van der Waals surface area (Å²) < 4.78 is 26.7. The highest BCUT2D eigenvalue weighted by Crippen LogP contribution is 2.25. The summed E-state index contributed by atoms with van der Waals surface area (Å²) in [7, 11) is -3.35. The van der Waals surface area contributed by atoms with Crippen LogP contribution in [0, 0.1) is 0 Å². The second-order valence-corrected chi connectivity index (χ2v) is 7.55. The molecule has 0 radical (unpaired) electrons. The third-order valence-corrected chi connectivity index (χ3v) is 5.92. The second kappa shape index (κ2) is 7.87. The Morgan fingerprint density at radius 2 is 2.00 bits per heavy atom. The zero-order chi connectivity index (χ0) is 15.1. The lowest BCUT2D eigenvalue weighted by molar-refractivity contribution is 0.199. The predicted molar refractivity (Wildman–Crippen MR) is 82.4 cm³/mol. The van der Waals surface area contributed by atoms with Crippen molar-refractivity contribution < 1.29 is 13.5 Å². The fourth-order valence-electron chi connectivity index (χ4n) is 2.91. The fourth-order valence-corrected chi connectivity index (χ4v) is 4.64. The van der Waals surface area contributed by atoms with Gasteiger partial charge in [-0.15, -0.1) is 0 Å². The Hall–Kier alpha value is -0.980. The Bertz CT molecular complexity index is 513. The van der Waals surface area contributed by atoms with Gasteiger partial charge in [-0.2, -0.15) is 4.31 Å². The normalized spacial score (nSPS) is 17.2. The first kappa shape index (κ1) is 16.4. The van der Waals surface area contributed by atoms with Crippen molar-refractivity contribution >= 4 is 10.0 Å². The average Bonchev–Trinajstić information content (AvgIpc) is 2.52. The molecule has 1 aliphatic rings. The number of pyridine rings is 1. The number of aromatic nitrogens is 1. The van der Waals surface area contributed by atoms with Crippen LogP contribution in [0.1, 0.15) is 37.8 Å². The molecule has 1 aromatic rings. The van der Waals surface area contributed by atoms with E-state index in [1.54, 1.807) is 6.20 Å². The zero-order valence-electron chi connectivity index (χ0n) is 12.3. The molecule has 21 heavy (non-hydrogen) atoms. The van der Waals surface area contributed by atoms with Crippen LogP contribution in [0.2, 0.25) is 0 Å². The van der Waals surface area contributed by atoms with Crippen LogP contribution < -0.4 is 0 Å². The average molecular weight is 312 g/mol. The van der Waals surface area contributed by atoms with Crippen LogP contribution in [0.3, 0.4) is 0 Å². The number of nitrogens with zero attached hydrogens (tertiary/aromatic N) is 2. The summed E-state index contributed by atoms with van der Waals surface area (Å²) in [4.78, 5) is 4.17. The minimum absolute atomic E-state index is 0.0552. The Balaban J connectivity index is 2.02. The molecule has 2 rings (SSSR count). The van der Waals surface area contributed by atoms with Crippen molar-refractivity contribution in [2.75, 3.05) is 18.9 Å². The van der Waals surface area contributed by atoms with E-state index in [1.165, 1.54) is 10.7 Å². The van der Waals surface area contributed by atoms with Crippen LogP contribution in [0.4, 0.5) is 0 Å². The maximum atomic E-state index is 12.6. The van der Waals surface area contributed by atoms with Gasteiger partial charge < -0.3 is 5.11 Å². The first-order valence-corrected chi connectivity index (χ1v) is 9.24. The molecule has 0 unspecified atom stereocenters. The summed E-state index contributed by atoms with van der Waals surface area (Å²) in [5, 5.41) is 9.20. The molecule has 5 nitrogen and oxygen atoms in total. The van der Waals surface area contributed by atoms with Crippen molar-refractivity contribution in [2.24, 2.45) is 0 Å². The van der Waals surface area contributed by atoms with Crippen molar-refractivity contribution in [3.05, 3.63) is 30.1 Å². The number of aryl methyl sites for hydroxylation is 1. The van der Waals surface area contributed by atoms with Gasteiger partial charge in [-0.25, -0.2) is 8.42 Å². The summed E-state index contributed by atoms with van der Waals surface area (Å²) in [6.45, 7) is 0.0779. The van der Waals surface area contributed by atoms with Crippen molar-refractivity contribution in [3.63, 3.8) is 0 Å². The maximum absolute atomic E-state index is 12.6. The van der Waals surface area contributed by atoms with Crippen LogP contribution in [-0.4, -0.2) is 47.8 Å². The van der Waals surface area contributed by atoms with Gasteiger partial charge in [-0.1, -0.05) is 25.3 Å². The maximum Gasteiger partial charge on any atom is 0.214 e. The number of hydrogen-bond donors (Lipinski definition) is 1. The van der Waals surface area contributed by atoms with Gasteiger partial charge in [0.05, 0.1) is 12.4 Å². The van der Waals surface area contributed by atoms with E-state index in [0.29, 0.717) is 6.42 Å². The first-order valence-electron chi connectivity index (χ1n) is 7.64. The molecule has 1 N–H and O–H groups in total. The number of sulfonamides is 1. The van der Waals surface area contributed by atoms with E-state index in [1.807, 2.05) is 18.2 Å². The minimum Gasteiger partial charge on any atom is -0.395 e. The molecule has 0 amide bonds. The monoisotopic (exact) mass is 312 g/mol. The van der Waals surface area contributed by atoms with Crippen LogP contribution in [-0.2, 0) is 16.4 Å². The third-order valence-electron chi connectivity index (χ3n) is 4.00. The summed E-state index contributed by atoms with van der Waals surface area (Å²) >= 11 is 0. The topological polar surface area (TPSA) is 70.5 Å². The summed E-state index contributed by atoms with van der Waals surface area (Å²) in [5.41, 5.74) is 0.786. The lowest BCUT2D eigenvalue weighted by Crippen LogP contribution is -2.44. The first-order chi connectivity index (χ1) is 10.1. The molecule has 0 spiro atoms. The standard InChI is InChI=1S/C15H24N2O3S/c18-12-11-17(15-7-2-1-3-8-15)21(19,20)13-9-14-6-4-5-10-16-14/h4-6,10,15,18H,1-3,7-9,11-13H2. The van der Waals surface area contributed by atoms with Crippen LogP contribution in [0.5, 0.6) is 0 Å². The highest BCUT2D eigenvalue weighted by atomic mass is 32.2. The summed E-state index contributed by atoms with van der Waals surface area (Å²) in [6.07, 6.45) is 7.22. The lowest BCUT2D eigenvalue weighted by atomic mass is 9.95. The molecule has 1 heterocycles. The molecule has 0 bridgehead atoms. The largest absolute Gasteiger partial charge is 0.395 e. The van der Waals surface area contributed by atoms with Crippen molar-refractivity contribution in [3.8, 4) is 0 Å². The molecule has 0 atom stereocenters. The Kier molecular flexibility index (Phi) is 6.14. The van der Waals surface area contributed by atoms with E-state index in [2.05, 4.69) is 4.98 Å².